The van der Waals surface area contributed by atoms with Crippen molar-refractivity contribution < 1.29 is 4.79 Å². The van der Waals surface area contributed by atoms with Crippen LogP contribution in [0, 0.1) is 0 Å². The molecule has 0 radical (unpaired) electrons. The third kappa shape index (κ3) is 4.57. The molecule has 1 amide bonds. The van der Waals surface area contributed by atoms with E-state index in [2.05, 4.69) is 48.4 Å². The van der Waals surface area contributed by atoms with Gasteiger partial charge in [0.05, 0.1) is 25.0 Å². The lowest BCUT2D eigenvalue weighted by atomic mass is 9.83. The average molecular weight is 441 g/mol. The van der Waals surface area contributed by atoms with E-state index < -0.39 is 0 Å². The molecule has 33 heavy (non-hydrogen) atoms. The molecule has 0 bridgehead atoms. The number of carbonyl (C=O) groups excluding carboxylic acids is 1. The number of nitrogens with one attached hydrogen (secondary N) is 2. The van der Waals surface area contributed by atoms with E-state index in [-0.39, 0.29) is 5.91 Å². The zero-order chi connectivity index (χ0) is 22.6. The van der Waals surface area contributed by atoms with Crippen LogP contribution in [0.3, 0.4) is 0 Å². The number of hydrogen-bond acceptors (Lipinski definition) is 6. The Kier molecular flexibility index (Phi) is 5.75. The maximum absolute atomic E-state index is 12.9. The maximum atomic E-state index is 12.9. The van der Waals surface area contributed by atoms with E-state index in [1.165, 1.54) is 6.33 Å². The molecule has 3 heterocycles. The van der Waals surface area contributed by atoms with Crippen molar-refractivity contribution in [2.45, 2.75) is 38.3 Å². The van der Waals surface area contributed by atoms with E-state index in [4.69, 9.17) is 0 Å². The van der Waals surface area contributed by atoms with Crippen LogP contribution in [-0.4, -0.2) is 42.6 Å². The Morgan fingerprint density at radius 1 is 1.24 bits per heavy atom. The van der Waals surface area contributed by atoms with Gasteiger partial charge in [0.1, 0.15) is 6.33 Å². The Hall–Kier alpha value is -4.14. The summed E-state index contributed by atoms with van der Waals surface area (Å²) in [6, 6.07) is 8.14. The quantitative estimate of drug-likeness (QED) is 0.429. The monoisotopic (exact) mass is 440 g/mol. The van der Waals surface area contributed by atoms with Gasteiger partial charge >= 0.3 is 0 Å². The van der Waals surface area contributed by atoms with Crippen LogP contribution >= 0.6 is 0 Å². The number of rotatable bonds is 7. The van der Waals surface area contributed by atoms with Crippen LogP contribution in [0.4, 0.5) is 5.69 Å². The van der Waals surface area contributed by atoms with Gasteiger partial charge in [0.15, 0.2) is 5.69 Å². The largest absolute Gasteiger partial charge is 0.318 e. The van der Waals surface area contributed by atoms with E-state index in [0.717, 1.165) is 47.2 Å². The molecule has 0 saturated carbocycles. The molecule has 1 aliphatic rings. The molecule has 0 saturated heterocycles. The summed E-state index contributed by atoms with van der Waals surface area (Å²) in [6.45, 7) is 4.73. The highest BCUT2D eigenvalue weighted by Gasteiger charge is 2.27. The molecule has 1 atom stereocenters. The van der Waals surface area contributed by atoms with Crippen LogP contribution in [0.25, 0.3) is 0 Å². The fourth-order valence-electron chi connectivity index (χ4n) is 4.35. The highest BCUT2D eigenvalue weighted by atomic mass is 16.2. The third-order valence-electron chi connectivity index (χ3n) is 5.93. The number of amides is 1. The second-order valence-corrected chi connectivity index (χ2v) is 8.22. The van der Waals surface area contributed by atoms with Gasteiger partial charge in [-0.2, -0.15) is 10.2 Å². The number of fused-ring (bicyclic) bond motifs is 1. The lowest BCUT2D eigenvalue weighted by molar-refractivity contribution is 0.102. The Morgan fingerprint density at radius 2 is 2.09 bits per heavy atom. The van der Waals surface area contributed by atoms with Crippen LogP contribution in [0.5, 0.6) is 0 Å². The van der Waals surface area contributed by atoms with Gasteiger partial charge in [-0.3, -0.25) is 19.6 Å². The van der Waals surface area contributed by atoms with Gasteiger partial charge in [0.2, 0.25) is 0 Å². The molecule has 1 aromatic carbocycles. The van der Waals surface area contributed by atoms with Crippen molar-refractivity contribution in [1.82, 2.24) is 29.9 Å². The molecule has 1 aliphatic carbocycles. The Morgan fingerprint density at radius 3 is 2.94 bits per heavy atom. The van der Waals surface area contributed by atoms with Crippen molar-refractivity contribution in [3.8, 4) is 0 Å². The number of carbonyl (C=O) groups is 1. The lowest BCUT2D eigenvalue weighted by Gasteiger charge is -2.21. The van der Waals surface area contributed by atoms with Gasteiger partial charge in [0, 0.05) is 29.8 Å². The zero-order valence-electron chi connectivity index (χ0n) is 18.1. The van der Waals surface area contributed by atoms with Crippen LogP contribution in [0.1, 0.15) is 50.8 Å². The van der Waals surface area contributed by atoms with Gasteiger partial charge in [-0.15, -0.1) is 0 Å². The zero-order valence-corrected chi connectivity index (χ0v) is 18.1. The summed E-state index contributed by atoms with van der Waals surface area (Å²) in [5.41, 5.74) is 6.40. The summed E-state index contributed by atoms with van der Waals surface area (Å²) in [6.07, 6.45) is 11.2. The topological polar surface area (TPSA) is 114 Å². The second-order valence-electron chi connectivity index (χ2n) is 8.22. The van der Waals surface area contributed by atoms with Crippen molar-refractivity contribution in [3.63, 3.8) is 0 Å². The van der Waals surface area contributed by atoms with Crippen LogP contribution in [-0.2, 0) is 25.9 Å². The lowest BCUT2D eigenvalue weighted by Crippen LogP contribution is -2.17. The van der Waals surface area contributed by atoms with Crippen molar-refractivity contribution >= 4 is 18.3 Å². The van der Waals surface area contributed by atoms with E-state index >= 15 is 0 Å². The molecular weight excluding hydrogens is 416 g/mol. The number of nitrogens with zero attached hydrogens (tertiary/aromatic N) is 6. The summed E-state index contributed by atoms with van der Waals surface area (Å²) < 4.78 is 1.79. The van der Waals surface area contributed by atoms with E-state index in [1.807, 2.05) is 36.8 Å². The normalized spacial score (nSPS) is 15.1. The first-order chi connectivity index (χ1) is 16.2. The molecule has 5 rings (SSSR count). The minimum Gasteiger partial charge on any atom is -0.318 e. The molecule has 9 nitrogen and oxygen atoms in total. The Balaban J connectivity index is 1.24. The highest BCUT2D eigenvalue weighted by Crippen LogP contribution is 2.32. The van der Waals surface area contributed by atoms with Gasteiger partial charge in [-0.1, -0.05) is 24.3 Å². The number of aromatic amines is 1. The number of benzene rings is 1. The first-order valence-electron chi connectivity index (χ1n) is 10.8. The minimum atomic E-state index is -0.229. The van der Waals surface area contributed by atoms with Crippen LogP contribution in [0.2, 0.25) is 0 Å². The predicted octanol–water partition coefficient (Wildman–Crippen LogP) is 3.17. The van der Waals surface area contributed by atoms with Crippen LogP contribution < -0.4 is 5.32 Å². The van der Waals surface area contributed by atoms with Crippen molar-refractivity contribution in [3.05, 3.63) is 89.0 Å². The van der Waals surface area contributed by atoms with Gasteiger partial charge in [-0.25, -0.2) is 9.97 Å². The third-order valence-corrected chi connectivity index (χ3v) is 5.93. The summed E-state index contributed by atoms with van der Waals surface area (Å²) in [7, 11) is 0. The van der Waals surface area contributed by atoms with E-state index in [1.54, 1.807) is 10.9 Å². The number of hydrogen-bond donors (Lipinski definition) is 2. The fraction of sp³-hybridized carbons (Fsp3) is 0.250. The smallest absolute Gasteiger partial charge is 0.276 e. The number of aliphatic imine (C=N–C) groups is 1. The molecule has 9 heteroatoms. The molecule has 3 aromatic heterocycles. The van der Waals surface area contributed by atoms with Gasteiger partial charge in [-0.05, 0) is 48.6 Å². The Bertz CT molecular complexity index is 1280. The van der Waals surface area contributed by atoms with Gasteiger partial charge in [0.25, 0.3) is 5.91 Å². The van der Waals surface area contributed by atoms with Gasteiger partial charge < -0.3 is 5.32 Å². The molecular formula is C24H24N8O. The minimum absolute atomic E-state index is 0.229. The SMILES string of the molecule is C=NCc1cccc(Cn2cc(NC(=O)c3n[nH]c4c3CCC(c3cncnc3)C4)cn2)c1. The molecule has 2 N–H and O–H groups in total. The van der Waals surface area contributed by atoms with Crippen molar-refractivity contribution in [1.29, 1.82) is 0 Å². The first kappa shape index (κ1) is 20.7. The second kappa shape index (κ2) is 9.15. The van der Waals surface area contributed by atoms with Crippen molar-refractivity contribution in [2.24, 2.45) is 4.99 Å². The first-order valence-corrected chi connectivity index (χ1v) is 10.8. The maximum Gasteiger partial charge on any atom is 0.276 e. The molecule has 0 fully saturated rings. The summed E-state index contributed by atoms with van der Waals surface area (Å²) in [5, 5.41) is 14.7. The van der Waals surface area contributed by atoms with Crippen LogP contribution in [0.15, 0.2) is 60.4 Å². The van der Waals surface area contributed by atoms with Crippen molar-refractivity contribution in [2.75, 3.05) is 5.32 Å². The summed E-state index contributed by atoms with van der Waals surface area (Å²) in [5.74, 6) is 0.0988. The molecule has 4 aromatic rings. The van der Waals surface area contributed by atoms with E-state index in [0.29, 0.717) is 30.4 Å². The standard InChI is InChI=1S/C24H24N8O/c1-25-9-16-3-2-4-17(7-16)13-32-14-20(12-28-32)29-24(33)23-21-6-5-18(8-22(21)30-31-23)19-10-26-15-27-11-19/h2-4,7,10-12,14-15,18H,1,5-6,8-9,13H2,(H,29,33)(H,30,31). The predicted molar refractivity (Wildman–Crippen MR) is 124 cm³/mol. The number of aromatic nitrogens is 6. The fourth-order valence-corrected chi connectivity index (χ4v) is 4.35. The molecule has 0 aliphatic heterocycles. The number of anilines is 1. The highest BCUT2D eigenvalue weighted by molar-refractivity contribution is 6.03. The van der Waals surface area contributed by atoms with E-state index in [9.17, 15) is 4.79 Å². The summed E-state index contributed by atoms with van der Waals surface area (Å²) >= 11 is 0. The Labute approximate surface area is 191 Å². The molecule has 0 spiro atoms. The summed E-state index contributed by atoms with van der Waals surface area (Å²) in [4.78, 5) is 25.1. The molecule has 1 unspecified atom stereocenters. The average Bonchev–Trinajstić information content (AvgIpc) is 3.46. The molecule has 166 valence electrons. The number of H-pyrrole nitrogens is 1.